The van der Waals surface area contributed by atoms with E-state index < -0.39 is 5.76 Å². The predicted octanol–water partition coefficient (Wildman–Crippen LogP) is 1.61. The molecule has 0 radical (unpaired) electrons. The Morgan fingerprint density at radius 2 is 2.33 bits per heavy atom. The quantitative estimate of drug-likeness (QED) is 0.504. The smallest absolute Gasteiger partial charge is 0.408 e. The van der Waals surface area contributed by atoms with Crippen LogP contribution in [0.15, 0.2) is 27.4 Å². The lowest BCUT2D eigenvalue weighted by molar-refractivity contribution is 0.555. The fourth-order valence-corrected chi connectivity index (χ4v) is 1.73. The first kappa shape index (κ1) is 10.4. The van der Waals surface area contributed by atoms with E-state index in [1.54, 1.807) is 0 Å². The van der Waals surface area contributed by atoms with Crippen LogP contribution in [0.4, 0.5) is 0 Å². The Kier molecular flexibility index (Phi) is 3.23. The Labute approximate surface area is 94.8 Å². The molecule has 2 N–H and O–H groups in total. The molecule has 4 nitrogen and oxygen atoms in total. The van der Waals surface area contributed by atoms with Crippen LogP contribution in [-0.2, 0) is 6.42 Å². The van der Waals surface area contributed by atoms with Gasteiger partial charge < -0.3 is 9.73 Å². The molecule has 0 spiro atoms. The summed E-state index contributed by atoms with van der Waals surface area (Å²) >= 11 is 3.29. The summed E-state index contributed by atoms with van der Waals surface area (Å²) in [5.74, 6) is -0.402. The van der Waals surface area contributed by atoms with Gasteiger partial charge in [0.15, 0.2) is 5.58 Å². The highest BCUT2D eigenvalue weighted by Gasteiger charge is 2.01. The van der Waals surface area contributed by atoms with E-state index in [1.807, 2.05) is 18.2 Å². The molecule has 2 rings (SSSR count). The molecular weight excluding hydrogens is 260 g/mol. The van der Waals surface area contributed by atoms with Gasteiger partial charge in [-0.2, -0.15) is 0 Å². The summed E-state index contributed by atoms with van der Waals surface area (Å²) in [6.45, 7) is 0.902. The van der Waals surface area contributed by atoms with Crippen molar-refractivity contribution in [3.8, 4) is 0 Å². The third-order valence-electron chi connectivity index (χ3n) is 2.17. The average Bonchev–Trinajstić information content (AvgIpc) is 2.57. The van der Waals surface area contributed by atoms with E-state index in [0.29, 0.717) is 5.58 Å². The summed E-state index contributed by atoms with van der Waals surface area (Å²) in [5.41, 5.74) is 3.33. The van der Waals surface area contributed by atoms with Crippen molar-refractivity contribution in [2.24, 2.45) is 0 Å². The molecule has 0 aliphatic heterocycles. The number of benzene rings is 1. The van der Waals surface area contributed by atoms with E-state index in [1.165, 1.54) is 5.56 Å². The summed E-state index contributed by atoms with van der Waals surface area (Å²) < 4.78 is 4.91. The molecular formula is C10H11BrN2O2. The lowest BCUT2D eigenvalue weighted by Crippen LogP contribution is -2.14. The number of fused-ring (bicyclic) bond motifs is 1. The molecule has 0 amide bonds. The van der Waals surface area contributed by atoms with Gasteiger partial charge in [-0.1, -0.05) is 22.0 Å². The lowest BCUT2D eigenvalue weighted by atomic mass is 10.1. The summed E-state index contributed by atoms with van der Waals surface area (Å²) in [5, 5.41) is 3.17. The first-order chi connectivity index (χ1) is 7.29. The van der Waals surface area contributed by atoms with E-state index in [2.05, 4.69) is 26.2 Å². The number of alkyl halides is 1. The van der Waals surface area contributed by atoms with E-state index in [-0.39, 0.29) is 0 Å². The number of aromatic nitrogens is 1. The van der Waals surface area contributed by atoms with Gasteiger partial charge in [-0.05, 0) is 30.7 Å². The zero-order valence-electron chi connectivity index (χ0n) is 8.05. The molecule has 1 aromatic carbocycles. The van der Waals surface area contributed by atoms with E-state index in [0.717, 1.165) is 23.9 Å². The molecule has 0 atom stereocenters. The number of hydrogen-bond donors (Lipinski definition) is 2. The van der Waals surface area contributed by atoms with Crippen molar-refractivity contribution >= 4 is 27.0 Å². The van der Waals surface area contributed by atoms with Gasteiger partial charge >= 0.3 is 5.76 Å². The molecule has 0 bridgehead atoms. The first-order valence-electron chi connectivity index (χ1n) is 4.68. The second-order valence-electron chi connectivity index (χ2n) is 3.23. The zero-order valence-corrected chi connectivity index (χ0v) is 9.63. The minimum Gasteiger partial charge on any atom is -0.408 e. The second kappa shape index (κ2) is 4.63. The standard InChI is InChI=1S/C10H11BrN2O2/c11-6-12-4-3-7-1-2-9-8(5-7)13-10(14)15-9/h1-2,5,12H,3-4,6H2,(H,13,14). The maximum Gasteiger partial charge on any atom is 0.417 e. The summed E-state index contributed by atoms with van der Waals surface area (Å²) in [4.78, 5) is 13.6. The topological polar surface area (TPSA) is 58.0 Å². The van der Waals surface area contributed by atoms with Gasteiger partial charge in [0.25, 0.3) is 0 Å². The third kappa shape index (κ3) is 2.49. The highest BCUT2D eigenvalue weighted by atomic mass is 79.9. The molecule has 0 fully saturated rings. The Bertz CT molecular complexity index is 503. The number of hydrogen-bond acceptors (Lipinski definition) is 3. The lowest BCUT2D eigenvalue weighted by Gasteiger charge is -2.00. The summed E-state index contributed by atoms with van der Waals surface area (Å²) in [6, 6.07) is 5.72. The monoisotopic (exact) mass is 270 g/mol. The van der Waals surface area contributed by atoms with Gasteiger partial charge in [0.05, 0.1) is 11.0 Å². The number of H-pyrrole nitrogens is 1. The Morgan fingerprint density at radius 3 is 3.13 bits per heavy atom. The molecule has 0 aliphatic rings. The minimum absolute atomic E-state index is 0.402. The van der Waals surface area contributed by atoms with Crippen LogP contribution in [0.1, 0.15) is 5.56 Å². The zero-order chi connectivity index (χ0) is 10.7. The van der Waals surface area contributed by atoms with E-state index >= 15 is 0 Å². The van der Waals surface area contributed by atoms with Crippen molar-refractivity contribution in [3.05, 3.63) is 34.3 Å². The minimum atomic E-state index is -0.402. The van der Waals surface area contributed by atoms with Gasteiger partial charge in [-0.25, -0.2) is 4.79 Å². The van der Waals surface area contributed by atoms with E-state index in [9.17, 15) is 4.79 Å². The number of rotatable bonds is 4. The van der Waals surface area contributed by atoms with Gasteiger partial charge in [-0.3, -0.25) is 4.98 Å². The predicted molar refractivity (Wildman–Crippen MR) is 62.3 cm³/mol. The van der Waals surface area contributed by atoms with Crippen LogP contribution in [0.3, 0.4) is 0 Å². The van der Waals surface area contributed by atoms with Gasteiger partial charge in [-0.15, -0.1) is 0 Å². The second-order valence-corrected chi connectivity index (χ2v) is 3.79. The maximum absolute atomic E-state index is 10.9. The highest BCUT2D eigenvalue weighted by molar-refractivity contribution is 9.09. The fourth-order valence-electron chi connectivity index (χ4n) is 1.45. The molecule has 0 unspecified atom stereocenters. The highest BCUT2D eigenvalue weighted by Crippen LogP contribution is 2.12. The Morgan fingerprint density at radius 1 is 1.47 bits per heavy atom. The van der Waals surface area contributed by atoms with Crippen molar-refractivity contribution in [3.63, 3.8) is 0 Å². The Balaban J connectivity index is 2.19. The average molecular weight is 271 g/mol. The van der Waals surface area contributed by atoms with Crippen LogP contribution in [0.25, 0.3) is 11.1 Å². The number of halogens is 1. The molecule has 15 heavy (non-hydrogen) atoms. The van der Waals surface area contributed by atoms with Crippen molar-refractivity contribution in [2.45, 2.75) is 6.42 Å². The maximum atomic E-state index is 10.9. The van der Waals surface area contributed by atoms with Crippen LogP contribution in [0.2, 0.25) is 0 Å². The van der Waals surface area contributed by atoms with Crippen LogP contribution >= 0.6 is 15.9 Å². The van der Waals surface area contributed by atoms with Crippen LogP contribution in [0, 0.1) is 0 Å². The molecule has 2 aromatic rings. The van der Waals surface area contributed by atoms with E-state index in [4.69, 9.17) is 4.42 Å². The fraction of sp³-hybridized carbons (Fsp3) is 0.300. The number of aromatic amines is 1. The summed E-state index contributed by atoms with van der Waals surface area (Å²) in [6.07, 6.45) is 0.925. The largest absolute Gasteiger partial charge is 0.417 e. The van der Waals surface area contributed by atoms with Gasteiger partial charge in [0.2, 0.25) is 0 Å². The summed E-state index contributed by atoms with van der Waals surface area (Å²) in [7, 11) is 0. The van der Waals surface area contributed by atoms with Gasteiger partial charge in [0, 0.05) is 0 Å². The van der Waals surface area contributed by atoms with Crippen LogP contribution in [-0.4, -0.2) is 17.0 Å². The van der Waals surface area contributed by atoms with Crippen molar-refractivity contribution < 1.29 is 4.42 Å². The molecule has 5 heteroatoms. The molecule has 0 saturated carbocycles. The van der Waals surface area contributed by atoms with Crippen molar-refractivity contribution in [2.75, 3.05) is 12.0 Å². The van der Waals surface area contributed by atoms with Crippen molar-refractivity contribution in [1.82, 2.24) is 10.3 Å². The van der Waals surface area contributed by atoms with Crippen LogP contribution in [0.5, 0.6) is 0 Å². The molecule has 1 aromatic heterocycles. The third-order valence-corrected chi connectivity index (χ3v) is 2.56. The molecule has 80 valence electrons. The molecule has 0 aliphatic carbocycles. The number of nitrogens with one attached hydrogen (secondary N) is 2. The van der Waals surface area contributed by atoms with Gasteiger partial charge in [0.1, 0.15) is 0 Å². The normalized spacial score (nSPS) is 11.0. The number of oxazole rings is 1. The first-order valence-corrected chi connectivity index (χ1v) is 5.80. The van der Waals surface area contributed by atoms with Crippen molar-refractivity contribution in [1.29, 1.82) is 0 Å². The molecule has 1 heterocycles. The Hall–Kier alpha value is -1.07. The molecule has 0 saturated heterocycles. The van der Waals surface area contributed by atoms with Crippen LogP contribution < -0.4 is 11.1 Å². The SMILES string of the molecule is O=c1[nH]c2cc(CCNCBr)ccc2o1.